The van der Waals surface area contributed by atoms with Crippen molar-refractivity contribution in [2.75, 3.05) is 19.7 Å². The molecule has 36 heavy (non-hydrogen) atoms. The van der Waals surface area contributed by atoms with Gasteiger partial charge in [-0.25, -0.2) is 13.8 Å². The van der Waals surface area contributed by atoms with Gasteiger partial charge in [0.25, 0.3) is 17.5 Å². The van der Waals surface area contributed by atoms with Gasteiger partial charge in [-0.05, 0) is 62.8 Å². The van der Waals surface area contributed by atoms with Crippen molar-refractivity contribution >= 4 is 28.1 Å². The Morgan fingerprint density at radius 1 is 1.22 bits per heavy atom. The Bertz CT molecular complexity index is 1190. The van der Waals surface area contributed by atoms with Gasteiger partial charge in [0.1, 0.15) is 0 Å². The molecule has 1 aromatic carbocycles. The summed E-state index contributed by atoms with van der Waals surface area (Å²) in [6.45, 7) is 4.26. The summed E-state index contributed by atoms with van der Waals surface area (Å²) < 4.78 is 30.1. The lowest BCUT2D eigenvalue weighted by atomic mass is 9.83. The van der Waals surface area contributed by atoms with Crippen LogP contribution in [0.2, 0.25) is 0 Å². The molecule has 6 nitrogen and oxygen atoms in total. The van der Waals surface area contributed by atoms with E-state index in [0.29, 0.717) is 22.6 Å². The molecule has 0 saturated heterocycles. The summed E-state index contributed by atoms with van der Waals surface area (Å²) in [7, 11) is 0. The number of benzene rings is 1. The molecule has 0 bridgehead atoms. The molecule has 5 rings (SSSR count). The smallest absolute Gasteiger partial charge is 0.273 e. The van der Waals surface area contributed by atoms with Crippen molar-refractivity contribution in [2.45, 2.75) is 64.0 Å². The van der Waals surface area contributed by atoms with Gasteiger partial charge in [-0.2, -0.15) is 0 Å². The Kier molecular flexibility index (Phi) is 7.76. The molecular formula is C27H32F2N4O2S. The lowest BCUT2D eigenvalue weighted by Crippen LogP contribution is -2.38. The van der Waals surface area contributed by atoms with Gasteiger partial charge in [-0.15, -0.1) is 0 Å². The zero-order valence-electron chi connectivity index (χ0n) is 20.5. The van der Waals surface area contributed by atoms with Crippen LogP contribution in [0.3, 0.4) is 0 Å². The molecule has 3 aromatic rings. The SMILES string of the molecule is CC1CN(CC[C@H]2CC[C@H](NC(=O)c3cccc4ncccc34)CC2)Cc2nc(OCC(F)F)sc21. The minimum atomic E-state index is -2.49. The Morgan fingerprint density at radius 2 is 2.06 bits per heavy atom. The highest BCUT2D eigenvalue weighted by Crippen LogP contribution is 2.37. The summed E-state index contributed by atoms with van der Waals surface area (Å²) in [4.78, 5) is 25.4. The average molecular weight is 515 g/mol. The fourth-order valence-electron chi connectivity index (χ4n) is 5.48. The number of aromatic nitrogens is 2. The second kappa shape index (κ2) is 11.2. The highest BCUT2D eigenvalue weighted by Gasteiger charge is 2.29. The summed E-state index contributed by atoms with van der Waals surface area (Å²) in [6, 6.07) is 9.70. The largest absolute Gasteiger partial charge is 0.464 e. The van der Waals surface area contributed by atoms with E-state index in [0.717, 1.165) is 73.2 Å². The van der Waals surface area contributed by atoms with Gasteiger partial charge < -0.3 is 10.1 Å². The molecule has 2 aromatic heterocycles. The Balaban J connectivity index is 1.08. The number of rotatable bonds is 8. The normalized spacial score (nSPS) is 22.5. The first-order valence-corrected chi connectivity index (χ1v) is 13.6. The number of alkyl halides is 2. The zero-order valence-corrected chi connectivity index (χ0v) is 21.3. The first-order valence-electron chi connectivity index (χ1n) is 12.7. The molecule has 1 N–H and O–H groups in total. The molecule has 2 aliphatic rings. The van der Waals surface area contributed by atoms with Crippen molar-refractivity contribution in [1.29, 1.82) is 0 Å². The molecule has 192 valence electrons. The van der Waals surface area contributed by atoms with E-state index < -0.39 is 13.0 Å². The molecule has 1 aliphatic heterocycles. The molecular weight excluding hydrogens is 482 g/mol. The quantitative estimate of drug-likeness (QED) is 0.422. The molecule has 1 saturated carbocycles. The highest BCUT2D eigenvalue weighted by molar-refractivity contribution is 7.13. The predicted molar refractivity (Wildman–Crippen MR) is 137 cm³/mol. The molecule has 1 atom stereocenters. The second-order valence-electron chi connectivity index (χ2n) is 9.98. The summed E-state index contributed by atoms with van der Waals surface area (Å²) in [6.07, 6.45) is 4.59. The van der Waals surface area contributed by atoms with Crippen LogP contribution in [0.5, 0.6) is 5.19 Å². The Hall–Kier alpha value is -2.65. The van der Waals surface area contributed by atoms with Crippen LogP contribution in [-0.2, 0) is 6.54 Å². The first-order chi connectivity index (χ1) is 17.5. The lowest BCUT2D eigenvalue weighted by Gasteiger charge is -2.33. The number of carbonyl (C=O) groups is 1. The number of amides is 1. The number of nitrogens with one attached hydrogen (secondary N) is 1. The van der Waals surface area contributed by atoms with Crippen LogP contribution in [0.25, 0.3) is 10.9 Å². The maximum Gasteiger partial charge on any atom is 0.273 e. The van der Waals surface area contributed by atoms with Crippen LogP contribution in [0.4, 0.5) is 8.78 Å². The van der Waals surface area contributed by atoms with Crippen molar-refractivity contribution < 1.29 is 18.3 Å². The number of ether oxygens (including phenoxy) is 1. The maximum absolute atomic E-state index is 13.0. The number of thiazole rings is 1. The maximum atomic E-state index is 13.0. The van der Waals surface area contributed by atoms with Gasteiger partial charge in [-0.1, -0.05) is 30.4 Å². The van der Waals surface area contributed by atoms with E-state index in [1.807, 2.05) is 30.3 Å². The molecule has 1 amide bonds. The van der Waals surface area contributed by atoms with Gasteiger partial charge in [0.05, 0.1) is 11.2 Å². The predicted octanol–water partition coefficient (Wildman–Crippen LogP) is 5.63. The van der Waals surface area contributed by atoms with Crippen LogP contribution in [-0.4, -0.2) is 52.9 Å². The molecule has 1 unspecified atom stereocenters. The van der Waals surface area contributed by atoms with E-state index in [4.69, 9.17) is 4.74 Å². The van der Waals surface area contributed by atoms with E-state index >= 15 is 0 Å². The molecule has 1 fully saturated rings. The van der Waals surface area contributed by atoms with Crippen molar-refractivity contribution in [3.8, 4) is 5.19 Å². The number of nitrogens with zero attached hydrogens (tertiary/aromatic N) is 3. The minimum absolute atomic E-state index is 0.0182. The molecule has 9 heteroatoms. The van der Waals surface area contributed by atoms with Crippen LogP contribution < -0.4 is 10.1 Å². The molecule has 3 heterocycles. The fraction of sp³-hybridized carbons (Fsp3) is 0.519. The van der Waals surface area contributed by atoms with Crippen molar-refractivity contribution in [1.82, 2.24) is 20.2 Å². The first kappa shape index (κ1) is 25.0. The van der Waals surface area contributed by atoms with Crippen LogP contribution in [0.1, 0.15) is 65.9 Å². The third-order valence-electron chi connectivity index (χ3n) is 7.32. The van der Waals surface area contributed by atoms with Crippen molar-refractivity contribution in [3.63, 3.8) is 0 Å². The molecule has 0 radical (unpaired) electrons. The third kappa shape index (κ3) is 5.83. The summed E-state index contributed by atoms with van der Waals surface area (Å²) in [5.74, 6) is 0.956. The standard InChI is InChI=1S/C27H32F2N4O2S/c1-17-14-33(15-23-25(17)36-27(32-23)35-16-24(28)29)13-11-18-7-9-19(10-8-18)31-26(34)21-4-2-6-22-20(21)5-3-12-30-22/h2-6,12,17-19,24H,7-11,13-16H2,1H3,(H,31,34)/t17?,18-,19-. The Labute approximate surface area is 214 Å². The van der Waals surface area contributed by atoms with Gasteiger partial charge >= 0.3 is 0 Å². The number of pyridine rings is 1. The minimum Gasteiger partial charge on any atom is -0.464 e. The van der Waals surface area contributed by atoms with Crippen LogP contribution in [0.15, 0.2) is 36.5 Å². The zero-order chi connectivity index (χ0) is 25.1. The summed E-state index contributed by atoms with van der Waals surface area (Å²) >= 11 is 1.41. The summed E-state index contributed by atoms with van der Waals surface area (Å²) in [5.41, 5.74) is 2.49. The van der Waals surface area contributed by atoms with E-state index in [1.54, 1.807) is 6.20 Å². The number of fused-ring (bicyclic) bond motifs is 2. The van der Waals surface area contributed by atoms with Gasteiger partial charge in [0.2, 0.25) is 0 Å². The number of halogens is 2. The number of hydrogen-bond donors (Lipinski definition) is 1. The van der Waals surface area contributed by atoms with E-state index in [1.165, 1.54) is 11.3 Å². The Morgan fingerprint density at radius 3 is 2.86 bits per heavy atom. The topological polar surface area (TPSA) is 67.4 Å². The molecule has 1 aliphatic carbocycles. The van der Waals surface area contributed by atoms with E-state index in [2.05, 4.69) is 27.1 Å². The molecule has 0 spiro atoms. The lowest BCUT2D eigenvalue weighted by molar-refractivity contribution is 0.0815. The van der Waals surface area contributed by atoms with E-state index in [-0.39, 0.29) is 11.9 Å². The fourth-order valence-corrected chi connectivity index (χ4v) is 6.45. The van der Waals surface area contributed by atoms with Gasteiger partial charge in [0.15, 0.2) is 6.61 Å². The van der Waals surface area contributed by atoms with E-state index in [9.17, 15) is 13.6 Å². The second-order valence-corrected chi connectivity index (χ2v) is 11.0. The van der Waals surface area contributed by atoms with Crippen LogP contribution in [0, 0.1) is 5.92 Å². The monoisotopic (exact) mass is 514 g/mol. The average Bonchev–Trinajstić information content (AvgIpc) is 3.30. The van der Waals surface area contributed by atoms with Gasteiger partial charge in [-0.3, -0.25) is 14.7 Å². The third-order valence-corrected chi connectivity index (χ3v) is 8.56. The number of hydrogen-bond acceptors (Lipinski definition) is 6. The van der Waals surface area contributed by atoms with Crippen molar-refractivity contribution in [3.05, 3.63) is 52.7 Å². The number of carbonyl (C=O) groups excluding carboxylic acids is 1. The summed E-state index contributed by atoms with van der Waals surface area (Å²) in [5, 5.41) is 4.49. The van der Waals surface area contributed by atoms with Crippen molar-refractivity contribution in [2.24, 2.45) is 5.92 Å². The van der Waals surface area contributed by atoms with Gasteiger partial charge in [0, 0.05) is 47.1 Å². The highest BCUT2D eigenvalue weighted by atomic mass is 32.1. The van der Waals surface area contributed by atoms with Crippen LogP contribution >= 0.6 is 11.3 Å².